The van der Waals surface area contributed by atoms with Crippen molar-refractivity contribution in [1.82, 2.24) is 0 Å². The zero-order valence-electron chi connectivity index (χ0n) is 9.50. The van der Waals surface area contributed by atoms with Gasteiger partial charge < -0.3 is 20.3 Å². The van der Waals surface area contributed by atoms with Crippen molar-refractivity contribution in [3.8, 4) is 17.2 Å². The van der Waals surface area contributed by atoms with Gasteiger partial charge in [-0.3, -0.25) is 0 Å². The second kappa shape index (κ2) is 3.98. The topological polar surface area (TPSA) is 64.7 Å². The highest BCUT2D eigenvalue weighted by atomic mass is 16.5. The van der Waals surface area contributed by atoms with E-state index in [1.807, 2.05) is 0 Å². The number of benzene rings is 1. The molecule has 4 heteroatoms. The molecule has 0 atom stereocenters. The first-order valence-corrected chi connectivity index (χ1v) is 4.65. The van der Waals surface area contributed by atoms with Gasteiger partial charge in [-0.05, 0) is 26.0 Å². The number of phenolic OH excluding ortho intramolecular Hbond substituents is 1. The molecule has 15 heavy (non-hydrogen) atoms. The predicted octanol–water partition coefficient (Wildman–Crippen LogP) is 1.60. The number of rotatable bonds is 3. The second-order valence-corrected chi connectivity index (χ2v) is 3.92. The maximum absolute atomic E-state index is 9.76. The fraction of sp³-hybridized carbons (Fsp3) is 0.455. The summed E-state index contributed by atoms with van der Waals surface area (Å²) in [5.74, 6) is 1.15. The molecule has 84 valence electrons. The molecule has 0 heterocycles. The number of methoxy groups -OCH3 is 2. The number of hydrogen-bond acceptors (Lipinski definition) is 4. The van der Waals surface area contributed by atoms with Crippen LogP contribution < -0.4 is 15.2 Å². The fourth-order valence-corrected chi connectivity index (χ4v) is 1.54. The van der Waals surface area contributed by atoms with Crippen molar-refractivity contribution in [2.24, 2.45) is 5.73 Å². The van der Waals surface area contributed by atoms with Gasteiger partial charge in [-0.2, -0.15) is 0 Å². The minimum Gasteiger partial charge on any atom is -0.507 e. The van der Waals surface area contributed by atoms with Crippen LogP contribution in [0.25, 0.3) is 0 Å². The maximum Gasteiger partial charge on any atom is 0.169 e. The lowest BCUT2D eigenvalue weighted by molar-refractivity contribution is 0.335. The van der Waals surface area contributed by atoms with E-state index in [0.29, 0.717) is 17.1 Å². The fourth-order valence-electron chi connectivity index (χ4n) is 1.54. The Morgan fingerprint density at radius 3 is 2.20 bits per heavy atom. The highest BCUT2D eigenvalue weighted by Gasteiger charge is 2.26. The molecule has 0 aliphatic heterocycles. The zero-order chi connectivity index (χ0) is 11.6. The van der Waals surface area contributed by atoms with Crippen molar-refractivity contribution in [1.29, 1.82) is 0 Å². The summed E-state index contributed by atoms with van der Waals surface area (Å²) < 4.78 is 10.3. The van der Waals surface area contributed by atoms with Crippen LogP contribution in [0.1, 0.15) is 19.4 Å². The van der Waals surface area contributed by atoms with Crippen LogP contribution >= 0.6 is 0 Å². The predicted molar refractivity (Wildman–Crippen MR) is 58.4 cm³/mol. The molecule has 0 fully saturated rings. The van der Waals surface area contributed by atoms with Crippen LogP contribution in [0.3, 0.4) is 0 Å². The SMILES string of the molecule is COc1ccc(O)c(C(C)(C)N)c1OC. The summed E-state index contributed by atoms with van der Waals surface area (Å²) in [5, 5.41) is 9.76. The average molecular weight is 211 g/mol. The van der Waals surface area contributed by atoms with E-state index in [9.17, 15) is 5.11 Å². The van der Waals surface area contributed by atoms with Crippen molar-refractivity contribution in [2.75, 3.05) is 14.2 Å². The van der Waals surface area contributed by atoms with Gasteiger partial charge in [0.25, 0.3) is 0 Å². The van der Waals surface area contributed by atoms with E-state index < -0.39 is 5.54 Å². The first-order chi connectivity index (χ1) is 6.91. The lowest BCUT2D eigenvalue weighted by Crippen LogP contribution is -2.29. The molecule has 1 rings (SSSR count). The van der Waals surface area contributed by atoms with Crippen molar-refractivity contribution in [3.63, 3.8) is 0 Å². The van der Waals surface area contributed by atoms with Crippen LogP contribution in [0.5, 0.6) is 17.2 Å². The van der Waals surface area contributed by atoms with Gasteiger partial charge in [0.05, 0.1) is 19.8 Å². The second-order valence-electron chi connectivity index (χ2n) is 3.92. The molecule has 0 radical (unpaired) electrons. The maximum atomic E-state index is 9.76. The normalized spacial score (nSPS) is 11.3. The summed E-state index contributed by atoms with van der Waals surface area (Å²) in [5.41, 5.74) is 5.82. The largest absolute Gasteiger partial charge is 0.507 e. The third kappa shape index (κ3) is 2.15. The van der Waals surface area contributed by atoms with Gasteiger partial charge in [0.1, 0.15) is 5.75 Å². The Balaban J connectivity index is 3.46. The minimum atomic E-state index is -0.691. The average Bonchev–Trinajstić information content (AvgIpc) is 2.15. The van der Waals surface area contributed by atoms with Gasteiger partial charge in [0, 0.05) is 5.54 Å². The standard InChI is InChI=1S/C11H17NO3/c1-11(2,12)9-7(13)5-6-8(14-3)10(9)15-4/h5-6,13H,12H2,1-4H3. The minimum absolute atomic E-state index is 0.111. The molecule has 4 nitrogen and oxygen atoms in total. The van der Waals surface area contributed by atoms with Gasteiger partial charge in [-0.25, -0.2) is 0 Å². The van der Waals surface area contributed by atoms with E-state index in [4.69, 9.17) is 15.2 Å². The highest BCUT2D eigenvalue weighted by Crippen LogP contribution is 2.41. The number of ether oxygens (including phenoxy) is 2. The van der Waals surface area contributed by atoms with Crippen molar-refractivity contribution in [3.05, 3.63) is 17.7 Å². The van der Waals surface area contributed by atoms with Gasteiger partial charge in [0.15, 0.2) is 11.5 Å². The summed E-state index contributed by atoms with van der Waals surface area (Å²) in [6.45, 7) is 3.59. The smallest absolute Gasteiger partial charge is 0.169 e. The first kappa shape index (κ1) is 11.7. The lowest BCUT2D eigenvalue weighted by atomic mass is 9.93. The summed E-state index contributed by atoms with van der Waals surface area (Å²) in [6, 6.07) is 3.19. The molecule has 1 aromatic rings. The molecule has 0 saturated carbocycles. The Morgan fingerprint density at radius 1 is 1.20 bits per heavy atom. The third-order valence-electron chi connectivity index (χ3n) is 2.17. The molecule has 3 N–H and O–H groups in total. The van der Waals surface area contributed by atoms with Gasteiger partial charge >= 0.3 is 0 Å². The van der Waals surface area contributed by atoms with E-state index in [1.165, 1.54) is 7.11 Å². The third-order valence-corrected chi connectivity index (χ3v) is 2.17. The zero-order valence-corrected chi connectivity index (χ0v) is 9.50. The number of phenols is 1. The van der Waals surface area contributed by atoms with E-state index in [-0.39, 0.29) is 5.75 Å². The Morgan fingerprint density at radius 2 is 1.80 bits per heavy atom. The molecule has 0 aromatic heterocycles. The molecule has 0 bridgehead atoms. The van der Waals surface area contributed by atoms with Crippen LogP contribution in [-0.2, 0) is 5.54 Å². The molecule has 1 aromatic carbocycles. The number of hydrogen-bond donors (Lipinski definition) is 2. The molecule has 0 amide bonds. The number of aromatic hydroxyl groups is 1. The van der Waals surface area contributed by atoms with Crippen LogP contribution in [0, 0.1) is 0 Å². The van der Waals surface area contributed by atoms with E-state index in [1.54, 1.807) is 33.1 Å². The molecule has 0 aliphatic carbocycles. The van der Waals surface area contributed by atoms with Crippen LogP contribution in [0.4, 0.5) is 0 Å². The Labute approximate surface area is 89.6 Å². The van der Waals surface area contributed by atoms with E-state index >= 15 is 0 Å². The van der Waals surface area contributed by atoms with Gasteiger partial charge in [0.2, 0.25) is 0 Å². The Kier molecular flexibility index (Phi) is 3.09. The quantitative estimate of drug-likeness (QED) is 0.797. The Hall–Kier alpha value is -1.42. The summed E-state index contributed by atoms with van der Waals surface area (Å²) in [4.78, 5) is 0. The molecular weight excluding hydrogens is 194 g/mol. The van der Waals surface area contributed by atoms with Gasteiger partial charge in [-0.15, -0.1) is 0 Å². The first-order valence-electron chi connectivity index (χ1n) is 4.65. The van der Waals surface area contributed by atoms with Crippen molar-refractivity contribution < 1.29 is 14.6 Å². The molecule has 0 aliphatic rings. The van der Waals surface area contributed by atoms with Crippen molar-refractivity contribution in [2.45, 2.75) is 19.4 Å². The summed E-state index contributed by atoms with van der Waals surface area (Å²) in [7, 11) is 3.06. The molecule has 0 unspecified atom stereocenters. The number of nitrogens with two attached hydrogens (primary N) is 1. The van der Waals surface area contributed by atoms with E-state index in [2.05, 4.69) is 0 Å². The molecule has 0 spiro atoms. The molecular formula is C11H17NO3. The Bertz CT molecular complexity index is 356. The summed E-state index contributed by atoms with van der Waals surface area (Å²) in [6.07, 6.45) is 0. The van der Waals surface area contributed by atoms with Gasteiger partial charge in [-0.1, -0.05) is 0 Å². The van der Waals surface area contributed by atoms with Crippen LogP contribution in [0.2, 0.25) is 0 Å². The van der Waals surface area contributed by atoms with Crippen molar-refractivity contribution >= 4 is 0 Å². The molecule has 0 saturated heterocycles. The summed E-state index contributed by atoms with van der Waals surface area (Å²) >= 11 is 0. The van der Waals surface area contributed by atoms with Crippen LogP contribution in [-0.4, -0.2) is 19.3 Å². The van der Waals surface area contributed by atoms with Crippen LogP contribution in [0.15, 0.2) is 12.1 Å². The van der Waals surface area contributed by atoms with E-state index in [0.717, 1.165) is 0 Å². The monoisotopic (exact) mass is 211 g/mol. The highest BCUT2D eigenvalue weighted by molar-refractivity contribution is 5.56. The lowest BCUT2D eigenvalue weighted by Gasteiger charge is -2.24.